The molecule has 0 radical (unpaired) electrons. The van der Waals surface area contributed by atoms with Crippen molar-refractivity contribution in [1.82, 2.24) is 16.0 Å². The van der Waals surface area contributed by atoms with Gasteiger partial charge in [0.15, 0.2) is 0 Å². The molecule has 1 heterocycles. The number of hydrogen-bond donors (Lipinski definition) is 3. The minimum atomic E-state index is -0.338. The molecule has 2 aromatic carbocycles. The second-order valence-electron chi connectivity index (χ2n) is 6.83. The van der Waals surface area contributed by atoms with Gasteiger partial charge in [0.25, 0.3) is 0 Å². The monoisotopic (exact) mass is 455 g/mol. The number of halogens is 1. The van der Waals surface area contributed by atoms with Crippen LogP contribution in [0.1, 0.15) is 18.9 Å². The molecule has 3 rings (SSSR count). The average Bonchev–Trinajstić information content (AvgIpc) is 2.80. The number of benzene rings is 2. The van der Waals surface area contributed by atoms with E-state index >= 15 is 0 Å². The molecule has 2 aromatic rings. The first-order valence-corrected chi connectivity index (χ1v) is 10.6. The molecule has 1 atom stereocenters. The molecule has 0 fully saturated rings. The molecule has 1 aliphatic rings. The first-order valence-electron chi connectivity index (χ1n) is 10.2. The zero-order valence-corrected chi connectivity index (χ0v) is 18.7. The number of urea groups is 1. The predicted octanol–water partition coefficient (Wildman–Crippen LogP) is 4.15. The Morgan fingerprint density at radius 2 is 1.91 bits per heavy atom. The van der Waals surface area contributed by atoms with E-state index in [0.29, 0.717) is 47.8 Å². The van der Waals surface area contributed by atoms with E-state index in [9.17, 15) is 4.79 Å². The van der Waals surface area contributed by atoms with Crippen molar-refractivity contribution in [2.75, 3.05) is 13.7 Å². The Labute approximate surface area is 192 Å². The van der Waals surface area contributed by atoms with Crippen molar-refractivity contribution in [1.29, 1.82) is 0 Å². The molecule has 0 saturated carbocycles. The van der Waals surface area contributed by atoms with Gasteiger partial charge in [-0.2, -0.15) is 0 Å². The Balaban J connectivity index is 1.67. The lowest BCUT2D eigenvalue weighted by Crippen LogP contribution is -2.45. The van der Waals surface area contributed by atoms with E-state index in [2.05, 4.69) is 25.9 Å². The summed E-state index contributed by atoms with van der Waals surface area (Å²) in [6.07, 6.45) is 4.13. The number of aliphatic imine (C=N–C) groups is 2. The Morgan fingerprint density at radius 3 is 2.59 bits per heavy atom. The maximum Gasteiger partial charge on any atom is 0.321 e. The van der Waals surface area contributed by atoms with Crippen LogP contribution in [-0.2, 0) is 11.3 Å². The van der Waals surface area contributed by atoms with Crippen molar-refractivity contribution in [3.63, 3.8) is 0 Å². The van der Waals surface area contributed by atoms with Crippen molar-refractivity contribution in [3.8, 4) is 5.75 Å². The van der Waals surface area contributed by atoms with Crippen LogP contribution in [0.15, 0.2) is 70.5 Å². The number of methoxy groups -OCH3 is 1. The Kier molecular flexibility index (Phi) is 8.51. The normalized spacial score (nSPS) is 15.5. The van der Waals surface area contributed by atoms with Crippen LogP contribution in [0.25, 0.3) is 0 Å². The molecule has 8 nitrogen and oxygen atoms in total. The quantitative estimate of drug-likeness (QED) is 0.431. The summed E-state index contributed by atoms with van der Waals surface area (Å²) < 4.78 is 11.1. The topological polar surface area (TPSA) is 96.3 Å². The van der Waals surface area contributed by atoms with Crippen LogP contribution in [0.3, 0.4) is 0 Å². The van der Waals surface area contributed by atoms with Crippen molar-refractivity contribution < 1.29 is 14.3 Å². The van der Waals surface area contributed by atoms with Crippen LogP contribution in [-0.4, -0.2) is 38.0 Å². The third-order valence-electron chi connectivity index (χ3n) is 4.40. The number of guanidine groups is 1. The van der Waals surface area contributed by atoms with Crippen LogP contribution < -0.4 is 20.7 Å². The maximum atomic E-state index is 12.0. The molecule has 168 valence electrons. The Morgan fingerprint density at radius 1 is 1.16 bits per heavy atom. The van der Waals surface area contributed by atoms with Crippen LogP contribution in [0, 0.1) is 0 Å². The molecule has 0 spiro atoms. The molecular weight excluding hydrogens is 430 g/mol. The first-order chi connectivity index (χ1) is 15.6. The molecule has 32 heavy (non-hydrogen) atoms. The lowest BCUT2D eigenvalue weighted by atomic mass is 10.2. The highest BCUT2D eigenvalue weighted by Gasteiger charge is 2.12. The van der Waals surface area contributed by atoms with Crippen LogP contribution in [0.2, 0.25) is 5.02 Å². The zero-order chi connectivity index (χ0) is 22.8. The van der Waals surface area contributed by atoms with Gasteiger partial charge >= 0.3 is 6.03 Å². The molecule has 0 aliphatic carbocycles. The summed E-state index contributed by atoms with van der Waals surface area (Å²) in [6.45, 7) is 2.83. The molecule has 1 unspecified atom stereocenters. The zero-order valence-electron chi connectivity index (χ0n) is 18.0. The molecule has 1 aliphatic heterocycles. The number of carbonyl (C=O) groups excluding carboxylic acids is 1. The highest BCUT2D eigenvalue weighted by molar-refractivity contribution is 6.30. The van der Waals surface area contributed by atoms with E-state index in [0.717, 1.165) is 5.56 Å². The summed E-state index contributed by atoms with van der Waals surface area (Å²) in [5.41, 5.74) is 1.66. The predicted molar refractivity (Wildman–Crippen MR) is 127 cm³/mol. The number of nitrogens with zero attached hydrogens (tertiary/aromatic N) is 2. The third-order valence-corrected chi connectivity index (χ3v) is 4.65. The molecule has 0 aromatic heterocycles. The highest BCUT2D eigenvalue weighted by Crippen LogP contribution is 2.21. The second-order valence-corrected chi connectivity index (χ2v) is 7.27. The minimum Gasteiger partial charge on any atom is -0.486 e. The van der Waals surface area contributed by atoms with Gasteiger partial charge in [0.1, 0.15) is 11.9 Å². The van der Waals surface area contributed by atoms with Gasteiger partial charge in [-0.1, -0.05) is 23.7 Å². The summed E-state index contributed by atoms with van der Waals surface area (Å²) in [5, 5.41) is 9.25. The van der Waals surface area contributed by atoms with Gasteiger partial charge in [-0.05, 0) is 48.9 Å². The first kappa shape index (κ1) is 23.1. The lowest BCUT2D eigenvalue weighted by Gasteiger charge is -2.17. The SMILES string of the molecule is CCNC(=O)N/C(=N\c1ccc(OC2C=C(OC)N=CC2)cc1)NCc1ccc(Cl)cc1. The van der Waals surface area contributed by atoms with Gasteiger partial charge < -0.3 is 20.1 Å². The average molecular weight is 456 g/mol. The van der Waals surface area contributed by atoms with E-state index in [1.807, 2.05) is 61.5 Å². The number of carbonyl (C=O) groups is 1. The highest BCUT2D eigenvalue weighted by atomic mass is 35.5. The minimum absolute atomic E-state index is 0.146. The molecular formula is C23H26ClN5O3. The number of nitrogens with one attached hydrogen (secondary N) is 3. The van der Waals surface area contributed by atoms with Crippen LogP contribution in [0.5, 0.6) is 5.75 Å². The summed E-state index contributed by atoms with van der Waals surface area (Å²) >= 11 is 5.94. The maximum absolute atomic E-state index is 12.0. The Hall–Kier alpha value is -3.52. The molecule has 3 N–H and O–H groups in total. The van der Waals surface area contributed by atoms with Gasteiger partial charge in [-0.3, -0.25) is 5.32 Å². The van der Waals surface area contributed by atoms with Crippen molar-refractivity contribution in [2.45, 2.75) is 26.0 Å². The van der Waals surface area contributed by atoms with E-state index in [4.69, 9.17) is 21.1 Å². The fraction of sp³-hybridized carbons (Fsp3) is 0.261. The van der Waals surface area contributed by atoms with Gasteiger partial charge in [0.05, 0.1) is 12.8 Å². The molecule has 9 heteroatoms. The van der Waals surface area contributed by atoms with Crippen LogP contribution >= 0.6 is 11.6 Å². The van der Waals surface area contributed by atoms with Gasteiger partial charge in [-0.25, -0.2) is 14.8 Å². The van der Waals surface area contributed by atoms with E-state index in [1.165, 1.54) is 0 Å². The van der Waals surface area contributed by atoms with Gasteiger partial charge in [0, 0.05) is 36.8 Å². The standard InChI is InChI=1S/C23H26ClN5O3/c1-3-25-23(30)29-22(27-15-16-4-6-17(24)7-5-16)28-18-8-10-19(11-9-18)32-20-12-13-26-21(14-20)31-2/h4-11,13-14,20H,3,12,15H2,1-2H3,(H3,25,27,28,29,30). The van der Waals surface area contributed by atoms with E-state index in [1.54, 1.807) is 13.3 Å². The summed E-state index contributed by atoms with van der Waals surface area (Å²) in [5.74, 6) is 1.56. The van der Waals surface area contributed by atoms with Crippen LogP contribution in [0.4, 0.5) is 10.5 Å². The van der Waals surface area contributed by atoms with Crippen molar-refractivity contribution in [2.24, 2.45) is 9.98 Å². The van der Waals surface area contributed by atoms with Gasteiger partial charge in [-0.15, -0.1) is 0 Å². The number of amides is 2. The number of rotatable bonds is 7. The van der Waals surface area contributed by atoms with Crippen molar-refractivity contribution in [3.05, 3.63) is 71.1 Å². The molecule has 0 bridgehead atoms. The molecule has 0 saturated heterocycles. The summed E-state index contributed by atoms with van der Waals surface area (Å²) in [4.78, 5) is 20.7. The lowest BCUT2D eigenvalue weighted by molar-refractivity contribution is 0.231. The Bertz CT molecular complexity index is 988. The van der Waals surface area contributed by atoms with Crippen molar-refractivity contribution >= 4 is 35.5 Å². The fourth-order valence-corrected chi connectivity index (χ4v) is 2.96. The summed E-state index contributed by atoms with van der Waals surface area (Å²) in [6, 6.07) is 14.4. The molecule has 2 amide bonds. The van der Waals surface area contributed by atoms with Gasteiger partial charge in [0.2, 0.25) is 11.8 Å². The third kappa shape index (κ3) is 7.31. The second kappa shape index (κ2) is 11.8. The largest absolute Gasteiger partial charge is 0.486 e. The van der Waals surface area contributed by atoms with E-state index in [-0.39, 0.29) is 12.1 Å². The smallest absolute Gasteiger partial charge is 0.321 e. The number of ether oxygens (including phenoxy) is 2. The summed E-state index contributed by atoms with van der Waals surface area (Å²) in [7, 11) is 1.58. The fourth-order valence-electron chi connectivity index (χ4n) is 2.83. The van der Waals surface area contributed by atoms with E-state index < -0.39 is 0 Å². The number of hydrogen-bond acceptors (Lipinski definition) is 5.